The van der Waals surface area contributed by atoms with E-state index >= 15 is 0 Å². The van der Waals surface area contributed by atoms with Gasteiger partial charge in [0.1, 0.15) is 5.75 Å². The average Bonchev–Trinajstić information content (AvgIpc) is 3.18. The molecule has 2 rings (SSSR count). The maximum Gasteiger partial charge on any atom is 1.00 e. The Kier molecular flexibility index (Phi) is 46.9. The molecular formula is C43H77B3I2LiO7. The van der Waals surface area contributed by atoms with E-state index in [2.05, 4.69) is 113 Å². The molecule has 3 N–H and O–H groups in total. The van der Waals surface area contributed by atoms with Gasteiger partial charge in [-0.2, -0.15) is 6.42 Å². The first-order valence-corrected chi connectivity index (χ1v) is 23.2. The van der Waals surface area contributed by atoms with E-state index in [0.717, 1.165) is 56.1 Å². The summed E-state index contributed by atoms with van der Waals surface area (Å²) in [4.78, 5) is 0. The average molecular weight is 999 g/mol. The molecule has 0 amide bonds. The third-order valence-corrected chi connectivity index (χ3v) is 11.1. The summed E-state index contributed by atoms with van der Waals surface area (Å²) in [5, 5.41) is 28.5. The minimum atomic E-state index is -1.48. The molecule has 0 aliphatic carbocycles. The third-order valence-electron chi connectivity index (χ3n) is 9.13. The summed E-state index contributed by atoms with van der Waals surface area (Å²) in [7, 11) is 3.24. The monoisotopic (exact) mass is 999 g/mol. The van der Waals surface area contributed by atoms with Gasteiger partial charge in [0.25, 0.3) is 0 Å². The molecule has 56 heavy (non-hydrogen) atoms. The standard InChI is InChI=1S/C18H31B2O4.C18H28I2.C4H9.C3H9BO3.Li/c1-3-5-7-9-11-15-14-18(24-19-21)16(12-10-8-6-4-2)13-17(15)20(22)23;1-3-5-7-9-11-15-13-18(20)16(14-17(15)19)12-10-8-6-4-2;1-3-4-2;1-5-4(6-2)7-3;/h13-14,21-23H,3-12H2,1-2H3;13-14H,3-12H2,1-2H3;1,3-4H2,2H3;1-3H3;/q;;-1;;+1. The Morgan fingerprint density at radius 1 is 0.554 bits per heavy atom. The number of hydrogen-bond donors (Lipinski definition) is 3. The first-order valence-electron chi connectivity index (χ1n) is 21.1. The van der Waals surface area contributed by atoms with Crippen LogP contribution in [0.2, 0.25) is 0 Å². The van der Waals surface area contributed by atoms with E-state index in [1.165, 1.54) is 125 Å². The van der Waals surface area contributed by atoms with Crippen molar-refractivity contribution in [2.24, 2.45) is 0 Å². The van der Waals surface area contributed by atoms with Crippen LogP contribution in [0.4, 0.5) is 0 Å². The molecule has 0 atom stereocenters. The molecule has 0 aliphatic heterocycles. The van der Waals surface area contributed by atoms with E-state index in [0.29, 0.717) is 18.9 Å². The van der Waals surface area contributed by atoms with Crippen LogP contribution >= 0.6 is 45.2 Å². The predicted molar refractivity (Wildman–Crippen MR) is 255 cm³/mol. The van der Waals surface area contributed by atoms with Crippen molar-refractivity contribution in [1.29, 1.82) is 0 Å². The molecule has 0 aromatic heterocycles. The number of hydrogen-bond acceptors (Lipinski definition) is 7. The molecule has 2 aromatic carbocycles. The molecule has 315 valence electrons. The van der Waals surface area contributed by atoms with Crippen LogP contribution in [0, 0.1) is 14.1 Å². The van der Waals surface area contributed by atoms with Crippen LogP contribution in [0.5, 0.6) is 5.75 Å². The second kappa shape index (κ2) is 43.3. The molecule has 0 aliphatic rings. The SMILES string of the molecule is CCCCCCc1cc(B(O)O)c(CCCCCC)cc1O[B]O.CCCCCCc1cc(I)c(CCCCCC)cc1I.COB(OC)OC.[CH2-]CCC.[Li+]. The summed E-state index contributed by atoms with van der Waals surface area (Å²) >= 11 is 5.06. The van der Waals surface area contributed by atoms with Gasteiger partial charge in [-0.25, -0.2) is 0 Å². The summed E-state index contributed by atoms with van der Waals surface area (Å²) in [5.41, 5.74) is 5.47. The Hall–Kier alpha value is 0.252. The van der Waals surface area contributed by atoms with Crippen molar-refractivity contribution in [3.05, 3.63) is 60.6 Å². The molecule has 13 heteroatoms. The molecule has 2 aromatic rings. The summed E-state index contributed by atoms with van der Waals surface area (Å²) in [6, 6.07) is 8.54. The first kappa shape index (κ1) is 60.6. The molecule has 0 saturated heterocycles. The maximum atomic E-state index is 9.72. The van der Waals surface area contributed by atoms with Crippen molar-refractivity contribution in [2.45, 2.75) is 176 Å². The maximum absolute atomic E-state index is 9.72. The van der Waals surface area contributed by atoms with Crippen LogP contribution < -0.4 is 29.0 Å². The van der Waals surface area contributed by atoms with E-state index in [1.807, 2.05) is 12.1 Å². The molecule has 0 spiro atoms. The molecule has 7 nitrogen and oxygen atoms in total. The predicted octanol–water partition coefficient (Wildman–Crippen LogP) is 8.19. The molecule has 0 bridgehead atoms. The molecule has 0 saturated carbocycles. The molecule has 1 radical (unpaired) electrons. The Morgan fingerprint density at radius 2 is 0.911 bits per heavy atom. The smallest absolute Gasteiger partial charge is 0.537 e. The van der Waals surface area contributed by atoms with E-state index in [1.54, 1.807) is 11.1 Å². The van der Waals surface area contributed by atoms with Crippen molar-refractivity contribution in [3.63, 3.8) is 0 Å². The number of unbranched alkanes of at least 4 members (excludes halogenated alkanes) is 13. The molecule has 0 unspecified atom stereocenters. The van der Waals surface area contributed by atoms with Crippen LogP contribution in [-0.2, 0) is 39.6 Å². The Bertz CT molecular complexity index is 1120. The van der Waals surface area contributed by atoms with Crippen molar-refractivity contribution in [1.82, 2.24) is 0 Å². The van der Waals surface area contributed by atoms with Crippen LogP contribution in [0.3, 0.4) is 0 Å². The van der Waals surface area contributed by atoms with Gasteiger partial charge in [-0.15, -0.1) is 0 Å². The fraction of sp³-hybridized carbons (Fsp3) is 0.698. The second-order valence-corrected chi connectivity index (χ2v) is 16.2. The zero-order valence-corrected chi connectivity index (χ0v) is 41.4. The van der Waals surface area contributed by atoms with Gasteiger partial charge in [0, 0.05) is 28.5 Å². The van der Waals surface area contributed by atoms with Gasteiger partial charge in [0.2, 0.25) is 0 Å². The van der Waals surface area contributed by atoms with Crippen LogP contribution in [0.25, 0.3) is 0 Å². The van der Waals surface area contributed by atoms with Crippen LogP contribution in [-0.4, -0.2) is 58.5 Å². The number of rotatable bonds is 27. The Morgan fingerprint density at radius 3 is 1.20 bits per heavy atom. The van der Waals surface area contributed by atoms with Gasteiger partial charge in [-0.1, -0.05) is 124 Å². The van der Waals surface area contributed by atoms with Crippen molar-refractivity contribution in [2.75, 3.05) is 21.3 Å². The normalized spacial score (nSPS) is 10.2. The van der Waals surface area contributed by atoms with E-state index in [-0.39, 0.29) is 18.9 Å². The quantitative estimate of drug-likeness (QED) is 0.0360. The van der Waals surface area contributed by atoms with Crippen molar-refractivity contribution in [3.8, 4) is 5.75 Å². The van der Waals surface area contributed by atoms with Crippen LogP contribution in [0.1, 0.15) is 172 Å². The van der Waals surface area contributed by atoms with Gasteiger partial charge in [0.05, 0.1) is 0 Å². The fourth-order valence-corrected chi connectivity index (χ4v) is 7.38. The number of benzene rings is 2. The summed E-state index contributed by atoms with van der Waals surface area (Å²) in [6.45, 7) is 14.6. The third kappa shape index (κ3) is 31.2. The molecule has 0 fully saturated rings. The van der Waals surface area contributed by atoms with Gasteiger partial charge < -0.3 is 40.6 Å². The van der Waals surface area contributed by atoms with Crippen molar-refractivity contribution >= 4 is 72.8 Å². The Labute approximate surface area is 385 Å². The fourth-order valence-electron chi connectivity index (χ4n) is 5.77. The minimum Gasteiger partial charge on any atom is -0.537 e. The summed E-state index contributed by atoms with van der Waals surface area (Å²) < 4.78 is 22.0. The largest absolute Gasteiger partial charge is 1.00 e. The second-order valence-electron chi connectivity index (χ2n) is 13.9. The van der Waals surface area contributed by atoms with E-state index in [4.69, 9.17) is 9.68 Å². The van der Waals surface area contributed by atoms with E-state index in [9.17, 15) is 10.0 Å². The number of aryl methyl sites for hydroxylation is 4. The first-order chi connectivity index (χ1) is 26.6. The zero-order chi connectivity index (χ0) is 41.7. The summed E-state index contributed by atoms with van der Waals surface area (Å²) in [5.74, 6) is 0.615. The molecular weight excluding hydrogens is 922 g/mol. The van der Waals surface area contributed by atoms with Crippen molar-refractivity contribution < 1.29 is 52.6 Å². The zero-order valence-electron chi connectivity index (χ0n) is 37.0. The minimum absolute atomic E-state index is 0. The van der Waals surface area contributed by atoms with Gasteiger partial charge in [-0.3, -0.25) is 0 Å². The van der Waals surface area contributed by atoms with Gasteiger partial charge >= 0.3 is 41.0 Å². The molecule has 0 heterocycles. The number of halogens is 2. The Balaban J connectivity index is -0.000000787. The van der Waals surface area contributed by atoms with Gasteiger partial charge in [-0.05, 0) is 142 Å². The van der Waals surface area contributed by atoms with E-state index < -0.39 is 14.4 Å². The summed E-state index contributed by atoms with van der Waals surface area (Å²) in [6.07, 6.45) is 26.2. The topological polar surface area (TPSA) is 97.6 Å². The van der Waals surface area contributed by atoms with Crippen LogP contribution in [0.15, 0.2) is 24.3 Å². The van der Waals surface area contributed by atoms with Gasteiger partial charge in [0.15, 0.2) is 0 Å².